The molecular formula is C27H24Cl2F3N3O4S. The van der Waals surface area contributed by atoms with Crippen molar-refractivity contribution in [1.29, 1.82) is 0 Å². The first-order chi connectivity index (χ1) is 18.9. The van der Waals surface area contributed by atoms with Gasteiger partial charge < -0.3 is 4.74 Å². The molecule has 4 aromatic rings. The maximum atomic E-state index is 12.7. The topological polar surface area (TPSA) is 99.1 Å². The Morgan fingerprint density at radius 1 is 0.875 bits per heavy atom. The number of aromatic nitrogens is 3. The van der Waals surface area contributed by atoms with E-state index in [0.717, 1.165) is 41.9 Å². The molecule has 0 amide bonds. The molecule has 0 aliphatic heterocycles. The number of ether oxygens (including phenoxy) is 1. The van der Waals surface area contributed by atoms with Crippen LogP contribution in [0.1, 0.15) is 34.5 Å². The van der Waals surface area contributed by atoms with Gasteiger partial charge >= 0.3 is 16.8 Å². The molecule has 0 saturated heterocycles. The summed E-state index contributed by atoms with van der Waals surface area (Å²) in [5, 5.41) is 0.450. The van der Waals surface area contributed by atoms with E-state index >= 15 is 0 Å². The number of halogens is 5. The summed E-state index contributed by atoms with van der Waals surface area (Å²) in [7, 11) is -3.11. The minimum absolute atomic E-state index is 0.105. The van der Waals surface area contributed by atoms with Gasteiger partial charge in [0.2, 0.25) is 5.88 Å². The van der Waals surface area contributed by atoms with Gasteiger partial charge in [0.25, 0.3) is 0 Å². The highest BCUT2D eigenvalue weighted by Crippen LogP contribution is 2.36. The molecule has 0 bridgehead atoms. The van der Waals surface area contributed by atoms with Crippen LogP contribution in [-0.2, 0) is 29.6 Å². The van der Waals surface area contributed by atoms with Gasteiger partial charge in [-0.05, 0) is 56.9 Å². The average molecular weight is 614 g/mol. The van der Waals surface area contributed by atoms with Crippen LogP contribution < -0.4 is 4.74 Å². The van der Waals surface area contributed by atoms with Gasteiger partial charge in [-0.2, -0.15) is 13.2 Å². The number of aryl methyl sites for hydroxylation is 4. The van der Waals surface area contributed by atoms with E-state index in [4.69, 9.17) is 40.6 Å². The summed E-state index contributed by atoms with van der Waals surface area (Å²) in [5.74, 6) is 0.346. The molecule has 13 heteroatoms. The molecule has 2 aromatic heterocycles. The van der Waals surface area contributed by atoms with E-state index < -0.39 is 22.3 Å². The molecule has 7 nitrogen and oxygen atoms in total. The number of hydrogen-bond donors (Lipinski definition) is 0. The molecule has 2 aromatic carbocycles. The van der Waals surface area contributed by atoms with E-state index in [1.807, 2.05) is 31.2 Å². The van der Waals surface area contributed by atoms with E-state index in [1.54, 1.807) is 12.3 Å². The zero-order chi connectivity index (χ0) is 29.7. The van der Waals surface area contributed by atoms with Gasteiger partial charge in [-0.3, -0.25) is 0 Å². The van der Waals surface area contributed by atoms with Crippen molar-refractivity contribution in [2.45, 2.75) is 39.3 Å². The van der Waals surface area contributed by atoms with Crippen LogP contribution in [0.2, 0.25) is 10.0 Å². The third-order valence-electron chi connectivity index (χ3n) is 5.13. The van der Waals surface area contributed by atoms with Crippen molar-refractivity contribution in [2.75, 3.05) is 0 Å². The summed E-state index contributed by atoms with van der Waals surface area (Å²) in [6, 6.07) is 16.7. The molecule has 2 heterocycles. The van der Waals surface area contributed by atoms with Crippen LogP contribution in [0, 0.1) is 13.8 Å². The van der Waals surface area contributed by atoms with E-state index in [0.29, 0.717) is 11.4 Å². The highest BCUT2D eigenvalue weighted by Gasteiger charge is 2.31. The van der Waals surface area contributed by atoms with Gasteiger partial charge in [-0.15, -0.1) is 12.6 Å². The molecule has 0 N–H and O–H groups in total. The number of nitrogens with zero attached hydrogens (tertiary/aromatic N) is 3. The smallest absolute Gasteiger partial charge is 0.425 e. The van der Waals surface area contributed by atoms with Crippen LogP contribution in [0.15, 0.2) is 73.2 Å². The van der Waals surface area contributed by atoms with Gasteiger partial charge in [0.05, 0.1) is 27.0 Å². The summed E-state index contributed by atoms with van der Waals surface area (Å²) in [4.78, 5) is 12.4. The highest BCUT2D eigenvalue weighted by molar-refractivity contribution is 7.59. The maximum Gasteiger partial charge on any atom is 0.425 e. The van der Waals surface area contributed by atoms with Crippen LogP contribution >= 0.6 is 23.2 Å². The largest absolute Gasteiger partial charge is 0.437 e. The second-order valence-electron chi connectivity index (χ2n) is 8.18. The predicted molar refractivity (Wildman–Crippen MR) is 145 cm³/mol. The second kappa shape index (κ2) is 15.9. The lowest BCUT2D eigenvalue weighted by Gasteiger charge is -2.11. The fourth-order valence-corrected chi connectivity index (χ4v) is 3.58. The van der Waals surface area contributed by atoms with Gasteiger partial charge in [0.1, 0.15) is 12.1 Å². The van der Waals surface area contributed by atoms with Gasteiger partial charge in [-0.25, -0.2) is 15.0 Å². The second-order valence-corrected chi connectivity index (χ2v) is 9.38. The molecule has 0 aliphatic rings. The van der Waals surface area contributed by atoms with Gasteiger partial charge in [-0.1, -0.05) is 65.2 Å². The number of rotatable bonds is 6. The predicted octanol–water partition coefficient (Wildman–Crippen LogP) is 7.46. The van der Waals surface area contributed by atoms with Crippen LogP contribution in [0.3, 0.4) is 0 Å². The summed E-state index contributed by atoms with van der Waals surface area (Å²) in [6.45, 7) is 3.92. The molecule has 212 valence electrons. The van der Waals surface area contributed by atoms with Gasteiger partial charge in [0, 0.05) is 12.3 Å². The number of benzene rings is 2. The van der Waals surface area contributed by atoms with Gasteiger partial charge in [0.15, 0.2) is 0 Å². The van der Waals surface area contributed by atoms with Crippen molar-refractivity contribution in [2.24, 2.45) is 0 Å². The average Bonchev–Trinajstić information content (AvgIpc) is 2.89. The zero-order valence-corrected chi connectivity index (χ0v) is 23.7. The Hall–Kier alpha value is -3.54. The van der Waals surface area contributed by atoms with E-state index in [2.05, 4.69) is 34.0 Å². The summed E-state index contributed by atoms with van der Waals surface area (Å²) < 4.78 is 68.9. The molecule has 0 aliphatic carbocycles. The lowest BCUT2D eigenvalue weighted by molar-refractivity contribution is -0.137. The Morgan fingerprint density at radius 2 is 1.55 bits per heavy atom. The molecule has 0 unspecified atom stereocenters. The summed E-state index contributed by atoms with van der Waals surface area (Å²) in [6.07, 6.45) is 0.978. The fraction of sp³-hybridized carbons (Fsp3) is 0.222. The Balaban J connectivity index is 0.000000426. The first-order valence-corrected chi connectivity index (χ1v) is 13.4. The molecule has 0 fully saturated rings. The monoisotopic (exact) mass is 613 g/mol. The lowest BCUT2D eigenvalue weighted by atomic mass is 10.1. The van der Waals surface area contributed by atoms with E-state index in [9.17, 15) is 13.2 Å². The molecular weight excluding hydrogens is 590 g/mol. The number of pyridine rings is 1. The van der Waals surface area contributed by atoms with Crippen molar-refractivity contribution in [1.82, 2.24) is 15.0 Å². The molecule has 0 atom stereocenters. The third-order valence-corrected chi connectivity index (χ3v) is 5.91. The minimum Gasteiger partial charge on any atom is -0.437 e. The third kappa shape index (κ3) is 11.7. The SMILES string of the molecule is Cc1ccccc1.Cc1ncnc(CCCc2ccc(Oc3ccc(C(F)(F)F)cc3Cl)nc2)c1Cl.O=S(=O)=O. The Kier molecular flexibility index (Phi) is 13.0. The zero-order valence-electron chi connectivity index (χ0n) is 21.3. The summed E-state index contributed by atoms with van der Waals surface area (Å²) >= 11 is 12.1. The standard InChI is InChI=1S/C20H16Cl2F3N3O.C7H8.O3S/c1-12-19(22)16(28-11-27-12)4-2-3-13-5-8-18(26-10-13)29-17-7-6-14(9-15(17)21)20(23,24)25;1-7-5-3-2-4-6-7;1-4(2)3/h5-11H,2-4H2,1H3;2-6H,1H3;. The molecule has 0 radical (unpaired) electrons. The normalized spacial score (nSPS) is 10.5. The van der Waals surface area contributed by atoms with E-state index in [-0.39, 0.29) is 16.7 Å². The van der Waals surface area contributed by atoms with E-state index in [1.165, 1.54) is 18.0 Å². The Labute approximate surface area is 241 Å². The number of hydrogen-bond acceptors (Lipinski definition) is 7. The first-order valence-electron chi connectivity index (χ1n) is 11.6. The maximum absolute atomic E-state index is 12.7. The number of alkyl halides is 3. The minimum atomic E-state index is -4.46. The fourth-order valence-electron chi connectivity index (χ4n) is 3.17. The van der Waals surface area contributed by atoms with Crippen LogP contribution in [0.25, 0.3) is 0 Å². The summed E-state index contributed by atoms with van der Waals surface area (Å²) in [5.41, 5.74) is 3.03. The van der Waals surface area contributed by atoms with Crippen molar-refractivity contribution in [3.05, 3.63) is 111 Å². The Bertz CT molecular complexity index is 1480. The van der Waals surface area contributed by atoms with Crippen molar-refractivity contribution >= 4 is 33.8 Å². The highest BCUT2D eigenvalue weighted by atomic mass is 35.5. The quantitative estimate of drug-likeness (QED) is 0.222. The van der Waals surface area contributed by atoms with Crippen LogP contribution in [0.4, 0.5) is 13.2 Å². The molecule has 4 rings (SSSR count). The van der Waals surface area contributed by atoms with Crippen molar-refractivity contribution in [3.63, 3.8) is 0 Å². The first kappa shape index (κ1) is 32.7. The lowest BCUT2D eigenvalue weighted by Crippen LogP contribution is -2.04. The molecule has 0 spiro atoms. The molecule has 40 heavy (non-hydrogen) atoms. The van der Waals surface area contributed by atoms with Crippen LogP contribution in [-0.4, -0.2) is 27.6 Å². The van der Waals surface area contributed by atoms with Crippen molar-refractivity contribution < 1.29 is 30.5 Å². The molecule has 0 saturated carbocycles. The van der Waals surface area contributed by atoms with Crippen LogP contribution in [0.5, 0.6) is 11.6 Å². The van der Waals surface area contributed by atoms with Crippen molar-refractivity contribution in [3.8, 4) is 11.6 Å². The Morgan fingerprint density at radius 3 is 2.08 bits per heavy atom.